The van der Waals surface area contributed by atoms with Crippen LogP contribution in [0.3, 0.4) is 0 Å². The van der Waals surface area contributed by atoms with Gasteiger partial charge < -0.3 is 10.1 Å². The first-order chi connectivity index (χ1) is 8.23. The van der Waals surface area contributed by atoms with Crippen molar-refractivity contribution in [2.75, 3.05) is 13.2 Å². The van der Waals surface area contributed by atoms with Crippen LogP contribution in [0.4, 0.5) is 4.79 Å². The Bertz CT molecular complexity index is 437. The Hall–Kier alpha value is -1.16. The van der Waals surface area contributed by atoms with E-state index in [4.69, 9.17) is 8.85 Å². The Morgan fingerprint density at radius 2 is 2.07 bits per heavy atom. The van der Waals surface area contributed by atoms with Crippen molar-refractivity contribution >= 4 is 17.9 Å². The van der Waals surface area contributed by atoms with Gasteiger partial charge in [-0.15, -0.1) is 11.8 Å². The molecule has 0 saturated heterocycles. The lowest BCUT2D eigenvalue weighted by Crippen LogP contribution is -2.22. The number of hydrogen-bond acceptors (Lipinski definition) is 3. The number of carbonyl (C=O) groups excluding carboxylic acids is 1. The van der Waals surface area contributed by atoms with Crippen LogP contribution in [0.5, 0.6) is 5.75 Å². The second-order valence-electron chi connectivity index (χ2n) is 3.10. The molecule has 0 saturated carbocycles. The van der Waals surface area contributed by atoms with Gasteiger partial charge >= 0.3 is 6.09 Å². The van der Waals surface area contributed by atoms with Crippen LogP contribution in [0, 0.1) is 13.8 Å². The molecular formula is C11H15NO2S. The zero-order chi connectivity index (χ0) is 13.9. The predicted molar refractivity (Wildman–Crippen MR) is 62.8 cm³/mol. The van der Waals surface area contributed by atoms with E-state index in [1.54, 1.807) is 29.2 Å². The Kier molecular flexibility index (Phi) is 2.72. The maximum absolute atomic E-state index is 11.3. The highest BCUT2D eigenvalue weighted by Gasteiger charge is 2.07. The number of benzene rings is 1. The molecule has 1 N–H and O–H groups in total. The zero-order valence-electron chi connectivity index (χ0n) is 11.9. The molecule has 3 nitrogen and oxygen atoms in total. The summed E-state index contributed by atoms with van der Waals surface area (Å²) in [6.45, 7) is 1.28. The first-order valence-electron chi connectivity index (χ1n) is 5.88. The third kappa shape index (κ3) is 2.89. The molecule has 0 unspecified atom stereocenters. The van der Waals surface area contributed by atoms with E-state index in [9.17, 15) is 4.79 Å². The number of rotatable bonds is 2. The topological polar surface area (TPSA) is 38.3 Å². The minimum absolute atomic E-state index is 0.338. The van der Waals surface area contributed by atoms with Crippen molar-refractivity contribution in [1.29, 1.82) is 0 Å². The molecule has 0 atom stereocenters. The molecule has 0 fully saturated rings. The van der Waals surface area contributed by atoms with Crippen LogP contribution in [-0.2, 0) is 0 Å². The van der Waals surface area contributed by atoms with Gasteiger partial charge in [-0.3, -0.25) is 0 Å². The van der Waals surface area contributed by atoms with Crippen LogP contribution in [0.15, 0.2) is 17.0 Å². The largest absolute Gasteiger partial charge is 0.412 e. The molecule has 0 aliphatic heterocycles. The fraction of sp³-hybridized carbons (Fsp3) is 0.364. The number of nitrogens with one attached hydrogen (secondary N) is 1. The Morgan fingerprint density at radius 1 is 1.47 bits per heavy atom. The standard InChI is InChI=1S/C11H15NO2S/c1-7-5-9(14-11(13)12-3)6-8(2)10(7)15-4/h5-6H,1-4H3,(H,12,13)/i3D3. The molecule has 1 amide bonds. The highest BCUT2D eigenvalue weighted by Crippen LogP contribution is 2.28. The van der Waals surface area contributed by atoms with E-state index in [2.05, 4.69) is 0 Å². The summed E-state index contributed by atoms with van der Waals surface area (Å²) >= 11 is 1.61. The SMILES string of the molecule is [2H]C([2H])([2H])NC(=O)Oc1cc(C)c(SC)c(C)c1. The number of hydrogen-bond donors (Lipinski definition) is 1. The van der Waals surface area contributed by atoms with E-state index in [1.807, 2.05) is 20.1 Å². The van der Waals surface area contributed by atoms with Gasteiger partial charge in [0.25, 0.3) is 0 Å². The minimum Gasteiger partial charge on any atom is -0.410 e. The molecule has 4 heteroatoms. The fourth-order valence-corrected chi connectivity index (χ4v) is 2.19. The molecule has 0 bridgehead atoms. The lowest BCUT2D eigenvalue weighted by atomic mass is 10.1. The van der Waals surface area contributed by atoms with Crippen molar-refractivity contribution in [3.8, 4) is 5.75 Å². The van der Waals surface area contributed by atoms with Crippen molar-refractivity contribution in [2.24, 2.45) is 0 Å². The van der Waals surface area contributed by atoms with Gasteiger partial charge in [-0.05, 0) is 43.4 Å². The van der Waals surface area contributed by atoms with Gasteiger partial charge in [-0.2, -0.15) is 0 Å². The van der Waals surface area contributed by atoms with E-state index in [0.29, 0.717) is 5.75 Å². The maximum Gasteiger partial charge on any atom is 0.412 e. The summed E-state index contributed by atoms with van der Waals surface area (Å²) in [6.07, 6.45) is 0.989. The molecule has 0 heterocycles. The van der Waals surface area contributed by atoms with Crippen molar-refractivity contribution in [3.05, 3.63) is 23.3 Å². The van der Waals surface area contributed by atoms with Gasteiger partial charge in [0.15, 0.2) is 0 Å². The van der Waals surface area contributed by atoms with Gasteiger partial charge in [-0.1, -0.05) is 0 Å². The molecule has 0 spiro atoms. The molecule has 0 aliphatic rings. The van der Waals surface area contributed by atoms with Crippen LogP contribution in [-0.4, -0.2) is 19.3 Å². The van der Waals surface area contributed by atoms with Gasteiger partial charge in [0.1, 0.15) is 5.75 Å². The number of aryl methyl sites for hydroxylation is 2. The molecule has 1 aromatic rings. The summed E-state index contributed by atoms with van der Waals surface area (Å²) in [4.78, 5) is 12.4. The first kappa shape index (κ1) is 8.05. The number of carbonyl (C=O) groups is 1. The van der Waals surface area contributed by atoms with E-state index in [-0.39, 0.29) is 0 Å². The Morgan fingerprint density at radius 3 is 2.53 bits per heavy atom. The molecule has 1 rings (SSSR count). The van der Waals surface area contributed by atoms with Crippen LogP contribution < -0.4 is 10.1 Å². The van der Waals surface area contributed by atoms with E-state index in [0.717, 1.165) is 16.0 Å². The van der Waals surface area contributed by atoms with E-state index in [1.165, 1.54) is 0 Å². The number of ether oxygens (including phenoxy) is 1. The minimum atomic E-state index is -2.54. The molecule has 1 aromatic carbocycles. The molecular weight excluding hydrogens is 210 g/mol. The normalized spacial score (nSPS) is 13.7. The fourth-order valence-electron chi connectivity index (χ4n) is 1.42. The van der Waals surface area contributed by atoms with Crippen molar-refractivity contribution < 1.29 is 13.6 Å². The monoisotopic (exact) mass is 228 g/mol. The number of thioether (sulfide) groups is 1. The van der Waals surface area contributed by atoms with Crippen molar-refractivity contribution in [2.45, 2.75) is 18.7 Å². The summed E-state index contributed by atoms with van der Waals surface area (Å²) in [5, 5.41) is 1.77. The van der Waals surface area contributed by atoms with Crippen LogP contribution in [0.1, 0.15) is 15.2 Å². The lowest BCUT2D eigenvalue weighted by molar-refractivity contribution is 0.203. The third-order valence-corrected chi connectivity index (χ3v) is 3.00. The van der Waals surface area contributed by atoms with Gasteiger partial charge in [-0.25, -0.2) is 4.79 Å². The smallest absolute Gasteiger partial charge is 0.410 e. The average Bonchev–Trinajstić information content (AvgIpc) is 2.13. The summed E-state index contributed by atoms with van der Waals surface area (Å²) in [7, 11) is 0. The molecule has 0 aliphatic carbocycles. The van der Waals surface area contributed by atoms with Gasteiger partial charge in [0.05, 0.1) is 0 Å². The third-order valence-electron chi connectivity index (χ3n) is 1.95. The maximum atomic E-state index is 11.3. The van der Waals surface area contributed by atoms with Gasteiger partial charge in [0, 0.05) is 16.0 Å². The van der Waals surface area contributed by atoms with Crippen LogP contribution in [0.25, 0.3) is 0 Å². The molecule has 82 valence electrons. The first-order valence-corrected chi connectivity index (χ1v) is 5.60. The highest BCUT2D eigenvalue weighted by molar-refractivity contribution is 7.98. The van der Waals surface area contributed by atoms with Crippen molar-refractivity contribution in [3.63, 3.8) is 0 Å². The van der Waals surface area contributed by atoms with E-state index >= 15 is 0 Å². The highest BCUT2D eigenvalue weighted by atomic mass is 32.2. The second kappa shape index (κ2) is 5.07. The summed E-state index contributed by atoms with van der Waals surface area (Å²) in [5.74, 6) is 0.338. The summed E-state index contributed by atoms with van der Waals surface area (Å²) < 4.78 is 25.6. The Labute approximate surface area is 98.4 Å². The summed E-state index contributed by atoms with van der Waals surface area (Å²) in [6, 6.07) is 3.41. The average molecular weight is 228 g/mol. The summed E-state index contributed by atoms with van der Waals surface area (Å²) in [5.41, 5.74) is 1.97. The van der Waals surface area contributed by atoms with E-state index < -0.39 is 13.1 Å². The predicted octanol–water partition coefficient (Wildman–Crippen LogP) is 2.74. The lowest BCUT2D eigenvalue weighted by Gasteiger charge is -2.10. The quantitative estimate of drug-likeness (QED) is 0.791. The Balaban J connectivity index is 2.83. The van der Waals surface area contributed by atoms with Crippen molar-refractivity contribution in [1.82, 2.24) is 5.32 Å². The molecule has 0 radical (unpaired) electrons. The zero-order valence-corrected chi connectivity index (χ0v) is 9.70. The number of amides is 1. The molecule has 0 aromatic heterocycles. The van der Waals surface area contributed by atoms with Gasteiger partial charge in [0.2, 0.25) is 0 Å². The van der Waals surface area contributed by atoms with Crippen LogP contribution >= 0.6 is 11.8 Å². The molecule has 15 heavy (non-hydrogen) atoms. The van der Waals surface area contributed by atoms with Crippen LogP contribution in [0.2, 0.25) is 0 Å². The second-order valence-corrected chi connectivity index (χ2v) is 3.92.